The topological polar surface area (TPSA) is 37.8 Å². The highest BCUT2D eigenvalue weighted by molar-refractivity contribution is 5.36. The van der Waals surface area contributed by atoms with Crippen molar-refractivity contribution in [2.45, 2.75) is 12.6 Å². The van der Waals surface area contributed by atoms with Crippen molar-refractivity contribution in [3.63, 3.8) is 0 Å². The zero-order valence-corrected chi connectivity index (χ0v) is 9.98. The van der Waals surface area contributed by atoms with Crippen LogP contribution in [0, 0.1) is 0 Å². The van der Waals surface area contributed by atoms with Crippen LogP contribution in [0.15, 0.2) is 42.6 Å². The fraction of sp³-hybridized carbons (Fsp3) is 0.231. The molecule has 2 rings (SSSR count). The number of halogens is 3. The number of nitrogens with zero attached hydrogens (tertiary/aromatic N) is 2. The van der Waals surface area contributed by atoms with E-state index in [9.17, 15) is 13.2 Å². The Hall–Kier alpha value is -2.11. The molecule has 0 atom stereocenters. The summed E-state index contributed by atoms with van der Waals surface area (Å²) in [6, 6.07) is 9.33. The molecule has 100 valence electrons. The van der Waals surface area contributed by atoms with Gasteiger partial charge in [-0.05, 0) is 24.3 Å². The summed E-state index contributed by atoms with van der Waals surface area (Å²) in [6.45, 7) is 0.478. The van der Waals surface area contributed by atoms with Gasteiger partial charge in [0.05, 0.1) is 0 Å². The first-order valence-corrected chi connectivity index (χ1v) is 5.74. The first kappa shape index (κ1) is 13.3. The lowest BCUT2D eigenvalue weighted by Crippen LogP contribution is -2.11. The zero-order chi connectivity index (χ0) is 13.7. The van der Waals surface area contributed by atoms with E-state index in [2.05, 4.69) is 15.3 Å². The predicted octanol–water partition coefficient (Wildman–Crippen LogP) is 3.15. The number of anilines is 1. The predicted molar refractivity (Wildman–Crippen MR) is 65.7 cm³/mol. The summed E-state index contributed by atoms with van der Waals surface area (Å²) in [7, 11) is 0. The Balaban J connectivity index is 1.93. The van der Waals surface area contributed by atoms with Crippen LogP contribution in [0.3, 0.4) is 0 Å². The first-order chi connectivity index (χ1) is 9.05. The van der Waals surface area contributed by atoms with E-state index in [1.165, 1.54) is 12.1 Å². The average Bonchev–Trinajstić information content (AvgIpc) is 2.39. The van der Waals surface area contributed by atoms with Crippen LogP contribution in [0.5, 0.6) is 0 Å². The maximum atomic E-state index is 12.5. The van der Waals surface area contributed by atoms with Crippen LogP contribution >= 0.6 is 0 Å². The zero-order valence-electron chi connectivity index (χ0n) is 9.98. The largest absolute Gasteiger partial charge is 0.433 e. The van der Waals surface area contributed by atoms with Crippen LogP contribution in [0.1, 0.15) is 11.4 Å². The summed E-state index contributed by atoms with van der Waals surface area (Å²) in [5, 5.41) is 2.85. The van der Waals surface area contributed by atoms with Crippen molar-refractivity contribution in [1.82, 2.24) is 9.97 Å². The molecule has 0 amide bonds. The second kappa shape index (κ2) is 5.69. The third kappa shape index (κ3) is 3.94. The highest BCUT2D eigenvalue weighted by atomic mass is 19.4. The first-order valence-electron chi connectivity index (χ1n) is 5.74. The van der Waals surface area contributed by atoms with E-state index in [-0.39, 0.29) is 5.82 Å². The molecule has 0 saturated carbocycles. The molecule has 0 spiro atoms. The van der Waals surface area contributed by atoms with Crippen LogP contribution in [-0.2, 0) is 12.6 Å². The van der Waals surface area contributed by atoms with Gasteiger partial charge in [0, 0.05) is 24.9 Å². The number of nitrogens with one attached hydrogen (secondary N) is 1. The van der Waals surface area contributed by atoms with Gasteiger partial charge >= 0.3 is 6.18 Å². The molecule has 1 N–H and O–H groups in total. The van der Waals surface area contributed by atoms with Gasteiger partial charge in [-0.3, -0.25) is 4.98 Å². The molecule has 0 radical (unpaired) electrons. The van der Waals surface area contributed by atoms with Crippen molar-refractivity contribution in [1.29, 1.82) is 0 Å². The standard InChI is InChI=1S/C13H12F3N3/c14-13(15,16)11-5-3-6-12(19-11)18-9-7-10-4-1-2-8-17-10/h1-6,8H,7,9H2,(H,18,19). The number of rotatable bonds is 4. The summed E-state index contributed by atoms with van der Waals surface area (Å²) >= 11 is 0. The van der Waals surface area contributed by atoms with E-state index < -0.39 is 11.9 Å². The Morgan fingerprint density at radius 3 is 2.58 bits per heavy atom. The molecule has 0 bridgehead atoms. The van der Waals surface area contributed by atoms with E-state index >= 15 is 0 Å². The molecule has 2 aromatic rings. The Morgan fingerprint density at radius 1 is 1.05 bits per heavy atom. The summed E-state index contributed by atoms with van der Waals surface area (Å²) in [5.74, 6) is 0.214. The van der Waals surface area contributed by atoms with E-state index in [4.69, 9.17) is 0 Å². The van der Waals surface area contributed by atoms with E-state index in [0.717, 1.165) is 11.8 Å². The minimum atomic E-state index is -4.42. The summed E-state index contributed by atoms with van der Waals surface area (Å²) in [5.41, 5.74) is -0.0164. The maximum absolute atomic E-state index is 12.5. The van der Waals surface area contributed by atoms with Crippen LogP contribution in [-0.4, -0.2) is 16.5 Å². The Bertz CT molecular complexity index is 526. The SMILES string of the molecule is FC(F)(F)c1cccc(NCCc2ccccn2)n1. The molecule has 0 aliphatic heterocycles. The molecule has 6 heteroatoms. The number of hydrogen-bond acceptors (Lipinski definition) is 3. The molecular weight excluding hydrogens is 255 g/mol. The van der Waals surface area contributed by atoms with Crippen molar-refractivity contribution in [2.24, 2.45) is 0 Å². The van der Waals surface area contributed by atoms with Gasteiger partial charge in [0.2, 0.25) is 0 Å². The van der Waals surface area contributed by atoms with Crippen LogP contribution in [0.2, 0.25) is 0 Å². The quantitative estimate of drug-likeness (QED) is 0.924. The molecule has 0 fully saturated rings. The molecule has 0 aliphatic carbocycles. The average molecular weight is 267 g/mol. The normalized spacial score (nSPS) is 11.3. The number of pyridine rings is 2. The van der Waals surface area contributed by atoms with E-state index in [0.29, 0.717) is 13.0 Å². The molecule has 0 unspecified atom stereocenters. The second-order valence-corrected chi connectivity index (χ2v) is 3.90. The molecule has 19 heavy (non-hydrogen) atoms. The molecule has 3 nitrogen and oxygen atoms in total. The highest BCUT2D eigenvalue weighted by Gasteiger charge is 2.32. The van der Waals surface area contributed by atoms with Crippen molar-refractivity contribution in [3.8, 4) is 0 Å². The number of hydrogen-bond donors (Lipinski definition) is 1. The lowest BCUT2D eigenvalue weighted by Gasteiger charge is -2.09. The highest BCUT2D eigenvalue weighted by Crippen LogP contribution is 2.28. The Morgan fingerprint density at radius 2 is 1.89 bits per heavy atom. The Labute approximate surface area is 108 Å². The van der Waals surface area contributed by atoms with Crippen LogP contribution < -0.4 is 5.32 Å². The van der Waals surface area contributed by atoms with Gasteiger partial charge in [0.1, 0.15) is 11.5 Å². The fourth-order valence-corrected chi connectivity index (χ4v) is 1.56. The van der Waals surface area contributed by atoms with Gasteiger partial charge < -0.3 is 5.32 Å². The lowest BCUT2D eigenvalue weighted by atomic mass is 10.2. The third-order valence-electron chi connectivity index (χ3n) is 2.45. The molecule has 2 aromatic heterocycles. The van der Waals surface area contributed by atoms with Gasteiger partial charge in [-0.1, -0.05) is 12.1 Å². The summed E-state index contributed by atoms with van der Waals surface area (Å²) < 4.78 is 37.4. The molecule has 0 aromatic carbocycles. The monoisotopic (exact) mass is 267 g/mol. The molecule has 2 heterocycles. The lowest BCUT2D eigenvalue weighted by molar-refractivity contribution is -0.141. The van der Waals surface area contributed by atoms with Crippen molar-refractivity contribution < 1.29 is 13.2 Å². The molecule has 0 aliphatic rings. The molecule has 0 saturated heterocycles. The van der Waals surface area contributed by atoms with Crippen LogP contribution in [0.4, 0.5) is 19.0 Å². The fourth-order valence-electron chi connectivity index (χ4n) is 1.56. The minimum absolute atomic E-state index is 0.214. The molecular formula is C13H12F3N3. The van der Waals surface area contributed by atoms with Crippen molar-refractivity contribution in [3.05, 3.63) is 54.0 Å². The van der Waals surface area contributed by atoms with Crippen LogP contribution in [0.25, 0.3) is 0 Å². The second-order valence-electron chi connectivity index (χ2n) is 3.90. The van der Waals surface area contributed by atoms with Gasteiger partial charge in [0.15, 0.2) is 0 Å². The van der Waals surface area contributed by atoms with Gasteiger partial charge in [-0.2, -0.15) is 13.2 Å². The van der Waals surface area contributed by atoms with Gasteiger partial charge in [-0.25, -0.2) is 4.98 Å². The summed E-state index contributed by atoms with van der Waals surface area (Å²) in [4.78, 5) is 7.65. The summed E-state index contributed by atoms with van der Waals surface area (Å²) in [6.07, 6.45) is -2.12. The Kier molecular flexibility index (Phi) is 3.99. The minimum Gasteiger partial charge on any atom is -0.370 e. The van der Waals surface area contributed by atoms with Gasteiger partial charge in [0.25, 0.3) is 0 Å². The third-order valence-corrected chi connectivity index (χ3v) is 2.45. The van der Waals surface area contributed by atoms with Gasteiger partial charge in [-0.15, -0.1) is 0 Å². The number of alkyl halides is 3. The smallest absolute Gasteiger partial charge is 0.370 e. The maximum Gasteiger partial charge on any atom is 0.433 e. The van der Waals surface area contributed by atoms with Crippen molar-refractivity contribution >= 4 is 5.82 Å². The van der Waals surface area contributed by atoms with Crippen molar-refractivity contribution in [2.75, 3.05) is 11.9 Å². The number of aromatic nitrogens is 2. The van der Waals surface area contributed by atoms with E-state index in [1.807, 2.05) is 18.2 Å². The van der Waals surface area contributed by atoms with E-state index in [1.54, 1.807) is 6.20 Å².